The van der Waals surface area contributed by atoms with Crippen molar-refractivity contribution in [1.82, 2.24) is 0 Å². The molecule has 10 aliphatic heterocycles. The highest BCUT2D eigenvalue weighted by molar-refractivity contribution is 5.79. The summed E-state index contributed by atoms with van der Waals surface area (Å²) >= 11 is 0. The van der Waals surface area contributed by atoms with Gasteiger partial charge in [0.2, 0.25) is 0 Å². The molecule has 0 aromatic heterocycles. The minimum absolute atomic E-state index is 0.00701. The average molecular weight is 715 g/mol. The van der Waals surface area contributed by atoms with Crippen LogP contribution in [0.15, 0.2) is 24.3 Å². The lowest BCUT2D eigenvalue weighted by molar-refractivity contribution is -0.292. The van der Waals surface area contributed by atoms with E-state index in [1.807, 2.05) is 6.92 Å². The molecule has 0 aromatic carbocycles. The monoisotopic (exact) mass is 714 g/mol. The van der Waals surface area contributed by atoms with Crippen LogP contribution in [-0.4, -0.2) is 123 Å². The third-order valence-electron chi connectivity index (χ3n) is 13.7. The summed E-state index contributed by atoms with van der Waals surface area (Å²) in [5.74, 6) is -0.433. The largest absolute Gasteiger partial charge is 0.379 e. The van der Waals surface area contributed by atoms with Crippen molar-refractivity contribution in [1.29, 1.82) is 0 Å². The molecule has 0 aliphatic carbocycles. The normalized spacial score (nSPS) is 52.5. The van der Waals surface area contributed by atoms with E-state index in [1.54, 1.807) is 7.11 Å². The standard InChI is InChI=1S/C40H58O11/c1-6-43-19-33-34(42-5)27-16-23(41)15-25-8-10-29-35(46-25)39-38-37(48-29)36-32(49-38)18-40(50-36,51-39)12-11-26-14-21(3)28(44-26)9-7-24-13-20(2)22(4)30(45-24)17-31(27)47-33/h20,24-39H,3-4,6-19H2,1-2,5H3/t20-,24?,25?,26?,27?,28?,29?,30?,31?,32-,33?,34-,35+,36?,37+,38?,39?,40+/m1/s1. The number of methoxy groups -OCH3 is 1. The number of ketones is 1. The lowest BCUT2D eigenvalue weighted by Crippen LogP contribution is -2.61. The van der Waals surface area contributed by atoms with Gasteiger partial charge >= 0.3 is 0 Å². The lowest BCUT2D eigenvalue weighted by atomic mass is 9.81. The molecular weight excluding hydrogens is 656 g/mol. The first-order chi connectivity index (χ1) is 24.7. The lowest BCUT2D eigenvalue weighted by Gasteiger charge is -2.47. The maximum atomic E-state index is 14.0. The summed E-state index contributed by atoms with van der Waals surface area (Å²) in [7, 11) is 1.71. The van der Waals surface area contributed by atoms with Crippen molar-refractivity contribution in [2.75, 3.05) is 20.3 Å². The summed E-state index contributed by atoms with van der Waals surface area (Å²) in [4.78, 5) is 14.0. The summed E-state index contributed by atoms with van der Waals surface area (Å²) in [6.07, 6.45) is 6.24. The first-order valence-corrected chi connectivity index (χ1v) is 20.0. The molecule has 12 unspecified atom stereocenters. The molecule has 0 amide bonds. The predicted octanol–water partition coefficient (Wildman–Crippen LogP) is 4.76. The number of Topliss-reactive ketones (excluding diaryl/α,β-unsaturated/α-hetero) is 1. The fraction of sp³-hybridized carbons (Fsp3) is 0.875. The Hall–Kier alpha value is -1.25. The Morgan fingerprint density at radius 1 is 0.745 bits per heavy atom. The van der Waals surface area contributed by atoms with Gasteiger partial charge in [-0.2, -0.15) is 0 Å². The molecule has 0 aromatic rings. The Kier molecular flexibility index (Phi) is 9.81. The quantitative estimate of drug-likeness (QED) is 0.376. The third-order valence-corrected chi connectivity index (χ3v) is 13.7. The smallest absolute Gasteiger partial charge is 0.172 e. The van der Waals surface area contributed by atoms with Gasteiger partial charge in [-0.3, -0.25) is 4.79 Å². The predicted molar refractivity (Wildman–Crippen MR) is 183 cm³/mol. The van der Waals surface area contributed by atoms with Crippen LogP contribution in [0.2, 0.25) is 0 Å². The highest BCUT2D eigenvalue weighted by Crippen LogP contribution is 2.54. The number of carbonyl (C=O) groups excluding carboxylic acids is 1. The van der Waals surface area contributed by atoms with Crippen LogP contribution in [0.4, 0.5) is 0 Å². The molecule has 284 valence electrons. The number of fused-ring (bicyclic) bond motifs is 6. The average Bonchev–Trinajstić information content (AvgIpc) is 3.79. The van der Waals surface area contributed by atoms with Gasteiger partial charge in [0.15, 0.2) is 5.79 Å². The SMILES string of the molecule is C=C1CC2CC[C@@]34C[C@H]5OC6C(O3)[C@H]3OC(CCC3O[C@H]6C5O4)CC(=O)CC3C(CC4OC(CCC1O2)C[C@@H](C)C4=C)OC(COCC)[C@@H]3OC. The van der Waals surface area contributed by atoms with E-state index >= 15 is 0 Å². The van der Waals surface area contributed by atoms with E-state index in [1.165, 1.54) is 0 Å². The van der Waals surface area contributed by atoms with E-state index in [2.05, 4.69) is 20.1 Å². The van der Waals surface area contributed by atoms with Crippen LogP contribution in [0.1, 0.15) is 90.9 Å². The first-order valence-electron chi connectivity index (χ1n) is 20.0. The molecule has 12 bridgehead atoms. The molecular formula is C40H58O11. The van der Waals surface area contributed by atoms with Crippen LogP contribution in [-0.2, 0) is 52.2 Å². The summed E-state index contributed by atoms with van der Waals surface area (Å²) in [6, 6.07) is 0. The van der Waals surface area contributed by atoms with Gasteiger partial charge in [0.1, 0.15) is 42.4 Å². The molecule has 10 rings (SSSR count). The van der Waals surface area contributed by atoms with E-state index in [9.17, 15) is 4.79 Å². The zero-order valence-electron chi connectivity index (χ0n) is 30.6. The third kappa shape index (κ3) is 6.53. The molecule has 10 aliphatic rings. The maximum Gasteiger partial charge on any atom is 0.172 e. The molecule has 18 atom stereocenters. The Balaban J connectivity index is 0.991. The Labute approximate surface area is 302 Å². The van der Waals surface area contributed by atoms with Crippen molar-refractivity contribution in [3.63, 3.8) is 0 Å². The molecule has 11 heteroatoms. The van der Waals surface area contributed by atoms with Crippen molar-refractivity contribution < 1.29 is 52.2 Å². The molecule has 0 saturated carbocycles. The van der Waals surface area contributed by atoms with E-state index in [0.717, 1.165) is 56.1 Å². The summed E-state index contributed by atoms with van der Waals surface area (Å²) in [5.41, 5.74) is 2.26. The second-order valence-corrected chi connectivity index (χ2v) is 17.0. The fourth-order valence-corrected chi connectivity index (χ4v) is 11.1. The number of hydrogen-bond acceptors (Lipinski definition) is 11. The van der Waals surface area contributed by atoms with Crippen molar-refractivity contribution in [3.05, 3.63) is 24.3 Å². The van der Waals surface area contributed by atoms with Gasteiger partial charge in [-0.15, -0.1) is 0 Å². The first kappa shape index (κ1) is 35.5. The van der Waals surface area contributed by atoms with Crippen molar-refractivity contribution in [2.45, 2.75) is 188 Å². The van der Waals surface area contributed by atoms with E-state index in [-0.39, 0.29) is 103 Å². The second kappa shape index (κ2) is 14.1. The number of ether oxygens (including phenoxy) is 10. The van der Waals surface area contributed by atoms with Crippen molar-refractivity contribution >= 4 is 5.78 Å². The van der Waals surface area contributed by atoms with E-state index in [4.69, 9.17) is 47.4 Å². The Bertz CT molecular complexity index is 1340. The zero-order chi connectivity index (χ0) is 35.0. The van der Waals surface area contributed by atoms with E-state index in [0.29, 0.717) is 51.2 Å². The van der Waals surface area contributed by atoms with Gasteiger partial charge in [0, 0.05) is 51.7 Å². The van der Waals surface area contributed by atoms with E-state index < -0.39 is 5.79 Å². The molecule has 11 nitrogen and oxygen atoms in total. The topological polar surface area (TPSA) is 109 Å². The summed E-state index contributed by atoms with van der Waals surface area (Å²) in [5, 5.41) is 0. The van der Waals surface area contributed by atoms with Crippen LogP contribution in [0.3, 0.4) is 0 Å². The Morgan fingerprint density at radius 3 is 2.35 bits per heavy atom. The zero-order valence-corrected chi connectivity index (χ0v) is 30.6. The van der Waals surface area contributed by atoms with Crippen molar-refractivity contribution in [2.24, 2.45) is 11.8 Å². The van der Waals surface area contributed by atoms with Gasteiger partial charge in [-0.05, 0) is 68.9 Å². The highest BCUT2D eigenvalue weighted by Gasteiger charge is 2.68. The molecule has 0 radical (unpaired) electrons. The summed E-state index contributed by atoms with van der Waals surface area (Å²) < 4.78 is 66.0. The van der Waals surface area contributed by atoms with Crippen LogP contribution in [0.5, 0.6) is 0 Å². The van der Waals surface area contributed by atoms with Crippen LogP contribution in [0, 0.1) is 11.8 Å². The molecule has 1 spiro atoms. The summed E-state index contributed by atoms with van der Waals surface area (Å²) in [6.45, 7) is 14.2. The van der Waals surface area contributed by atoms with Gasteiger partial charge in [0.25, 0.3) is 0 Å². The molecule has 10 heterocycles. The minimum atomic E-state index is -0.762. The maximum absolute atomic E-state index is 14.0. The number of carbonyl (C=O) groups is 1. The van der Waals surface area contributed by atoms with Gasteiger partial charge in [0.05, 0.1) is 61.5 Å². The van der Waals surface area contributed by atoms with Gasteiger partial charge in [-0.1, -0.05) is 20.1 Å². The molecule has 10 fully saturated rings. The number of rotatable bonds is 4. The molecule has 10 saturated heterocycles. The molecule has 0 N–H and O–H groups in total. The molecule has 51 heavy (non-hydrogen) atoms. The van der Waals surface area contributed by atoms with Crippen LogP contribution < -0.4 is 0 Å². The van der Waals surface area contributed by atoms with Gasteiger partial charge in [-0.25, -0.2) is 0 Å². The van der Waals surface area contributed by atoms with Gasteiger partial charge < -0.3 is 47.4 Å². The number of hydrogen-bond donors (Lipinski definition) is 0. The van der Waals surface area contributed by atoms with Crippen molar-refractivity contribution in [3.8, 4) is 0 Å². The fourth-order valence-electron chi connectivity index (χ4n) is 11.1. The van der Waals surface area contributed by atoms with Crippen LogP contribution >= 0.6 is 0 Å². The minimum Gasteiger partial charge on any atom is -0.379 e. The van der Waals surface area contributed by atoms with Crippen LogP contribution in [0.25, 0.3) is 0 Å². The highest BCUT2D eigenvalue weighted by atomic mass is 16.8. The second-order valence-electron chi connectivity index (χ2n) is 17.0. The Morgan fingerprint density at radius 2 is 1.51 bits per heavy atom.